The summed E-state index contributed by atoms with van der Waals surface area (Å²) in [6.07, 6.45) is -0.999. The van der Waals surface area contributed by atoms with E-state index >= 15 is 0 Å². The van der Waals surface area contributed by atoms with E-state index in [4.69, 9.17) is 0 Å². The Balaban J connectivity index is 1.38. The predicted octanol–water partition coefficient (Wildman–Crippen LogP) is 3.03. The molecule has 0 radical (unpaired) electrons. The molecule has 0 bridgehead atoms. The number of nitrogens with zero attached hydrogens (tertiary/aromatic N) is 1. The minimum absolute atomic E-state index is 0.0574. The van der Waals surface area contributed by atoms with Gasteiger partial charge in [0.25, 0.3) is 12.3 Å². The van der Waals surface area contributed by atoms with Crippen LogP contribution in [0.2, 0.25) is 0 Å². The van der Waals surface area contributed by atoms with Gasteiger partial charge in [0.1, 0.15) is 11.6 Å². The van der Waals surface area contributed by atoms with Crippen molar-refractivity contribution in [2.75, 3.05) is 26.2 Å². The summed E-state index contributed by atoms with van der Waals surface area (Å²) < 4.78 is 68.0. The van der Waals surface area contributed by atoms with Crippen molar-refractivity contribution in [2.45, 2.75) is 45.3 Å². The van der Waals surface area contributed by atoms with E-state index in [9.17, 15) is 31.5 Å². The largest absolute Gasteiger partial charge is 0.435 e. The van der Waals surface area contributed by atoms with Crippen LogP contribution in [-0.4, -0.2) is 61.5 Å². The molecule has 0 unspecified atom stereocenters. The van der Waals surface area contributed by atoms with Crippen LogP contribution >= 0.6 is 0 Å². The van der Waals surface area contributed by atoms with Crippen molar-refractivity contribution in [1.29, 1.82) is 0 Å². The van der Waals surface area contributed by atoms with Gasteiger partial charge in [-0.05, 0) is 50.2 Å². The molecule has 2 N–H and O–H groups in total. The SMILES string of the molecule is CC(C)(NC(=O)CN1CC2(CC(CNC(=O)c3cc(F)cc(OC(F)F)c3)C2)C1)C(F)F. The molecule has 32 heavy (non-hydrogen) atoms. The number of likely N-dealkylation sites (tertiary alicyclic amines) is 1. The first kappa shape index (κ1) is 24.2. The molecule has 3 rings (SSSR count). The maximum absolute atomic E-state index is 13.6. The monoisotopic (exact) mass is 463 g/mol. The van der Waals surface area contributed by atoms with Gasteiger partial charge in [0, 0.05) is 31.3 Å². The molecule has 1 heterocycles. The average molecular weight is 463 g/mol. The van der Waals surface area contributed by atoms with Crippen molar-refractivity contribution in [2.24, 2.45) is 11.3 Å². The number of rotatable bonds is 9. The summed E-state index contributed by atoms with van der Waals surface area (Å²) in [5, 5.41) is 5.02. The summed E-state index contributed by atoms with van der Waals surface area (Å²) in [4.78, 5) is 26.1. The van der Waals surface area contributed by atoms with Crippen molar-refractivity contribution in [1.82, 2.24) is 15.5 Å². The number of benzene rings is 1. The summed E-state index contributed by atoms with van der Waals surface area (Å²) in [6, 6.07) is 2.77. The molecule has 1 spiro atoms. The Morgan fingerprint density at radius 2 is 1.84 bits per heavy atom. The van der Waals surface area contributed by atoms with Gasteiger partial charge >= 0.3 is 6.61 Å². The number of amides is 2. The number of alkyl halides is 4. The normalized spacial score (nSPS) is 18.4. The fraction of sp³-hybridized carbons (Fsp3) is 0.619. The highest BCUT2D eigenvalue weighted by molar-refractivity contribution is 5.94. The van der Waals surface area contributed by atoms with Crippen molar-refractivity contribution >= 4 is 11.8 Å². The molecule has 0 atom stereocenters. The van der Waals surface area contributed by atoms with E-state index in [0.717, 1.165) is 31.0 Å². The van der Waals surface area contributed by atoms with Gasteiger partial charge in [0.15, 0.2) is 0 Å². The highest BCUT2D eigenvalue weighted by Gasteiger charge is 2.52. The fourth-order valence-corrected chi connectivity index (χ4v) is 4.44. The standard InChI is InChI=1S/C21H26F5N3O3/c1-20(2,18(23)24)28-16(30)9-29-10-21(11-29)6-12(7-21)8-27-17(31)13-3-14(22)5-15(4-13)32-19(25)26/h3-5,12,18-19H,6-11H2,1-2H3,(H,27,31)(H,28,30). The number of halogens is 5. The number of hydrogen-bond acceptors (Lipinski definition) is 4. The van der Waals surface area contributed by atoms with Gasteiger partial charge in [0.05, 0.1) is 12.1 Å². The van der Waals surface area contributed by atoms with Crippen LogP contribution in [0, 0.1) is 17.2 Å². The second-order valence-corrected chi connectivity index (χ2v) is 9.25. The van der Waals surface area contributed by atoms with Gasteiger partial charge in [-0.3, -0.25) is 14.5 Å². The molecule has 1 saturated carbocycles. The molecule has 1 saturated heterocycles. The van der Waals surface area contributed by atoms with Crippen LogP contribution in [0.3, 0.4) is 0 Å². The van der Waals surface area contributed by atoms with Gasteiger partial charge in [-0.15, -0.1) is 0 Å². The lowest BCUT2D eigenvalue weighted by Crippen LogP contribution is -2.65. The summed E-state index contributed by atoms with van der Waals surface area (Å²) in [5.41, 5.74) is -1.62. The molecule has 1 aromatic rings. The van der Waals surface area contributed by atoms with Gasteiger partial charge in [0.2, 0.25) is 5.91 Å². The molecule has 2 amide bonds. The first-order valence-corrected chi connectivity index (χ1v) is 10.2. The van der Waals surface area contributed by atoms with Crippen molar-refractivity contribution in [3.63, 3.8) is 0 Å². The Labute approximate surface area is 182 Å². The minimum Gasteiger partial charge on any atom is -0.435 e. The lowest BCUT2D eigenvalue weighted by Gasteiger charge is -2.59. The molecule has 2 fully saturated rings. The molecule has 1 aromatic carbocycles. The van der Waals surface area contributed by atoms with Crippen molar-refractivity contribution in [3.05, 3.63) is 29.6 Å². The molecule has 178 valence electrons. The molecule has 11 heteroatoms. The Kier molecular flexibility index (Phi) is 6.97. The molecule has 6 nitrogen and oxygen atoms in total. The number of ether oxygens (including phenoxy) is 1. The van der Waals surface area contributed by atoms with E-state index in [-0.39, 0.29) is 23.4 Å². The zero-order chi connectivity index (χ0) is 23.7. The van der Waals surface area contributed by atoms with Crippen molar-refractivity contribution in [3.8, 4) is 5.75 Å². The number of nitrogens with one attached hydrogen (secondary N) is 2. The molecular weight excluding hydrogens is 437 g/mol. The number of carbonyl (C=O) groups is 2. The van der Waals surface area contributed by atoms with Gasteiger partial charge < -0.3 is 15.4 Å². The Bertz CT molecular complexity index is 851. The number of carbonyl (C=O) groups excluding carboxylic acids is 2. The maximum Gasteiger partial charge on any atom is 0.387 e. The maximum atomic E-state index is 13.6. The van der Waals surface area contributed by atoms with Crippen LogP contribution < -0.4 is 15.4 Å². The van der Waals surface area contributed by atoms with Crippen LogP contribution in [0.4, 0.5) is 22.0 Å². The van der Waals surface area contributed by atoms with Gasteiger partial charge in [-0.2, -0.15) is 8.78 Å². The summed E-state index contributed by atoms with van der Waals surface area (Å²) in [5.74, 6) is -2.11. The Morgan fingerprint density at radius 3 is 2.44 bits per heavy atom. The van der Waals surface area contributed by atoms with E-state index in [2.05, 4.69) is 15.4 Å². The third-order valence-electron chi connectivity index (χ3n) is 5.85. The zero-order valence-corrected chi connectivity index (χ0v) is 17.8. The third-order valence-corrected chi connectivity index (χ3v) is 5.85. The molecule has 0 aromatic heterocycles. The van der Waals surface area contributed by atoms with Gasteiger partial charge in [-0.1, -0.05) is 0 Å². The van der Waals surface area contributed by atoms with Crippen LogP contribution in [-0.2, 0) is 4.79 Å². The van der Waals surface area contributed by atoms with E-state index in [1.807, 2.05) is 4.90 Å². The Hall–Kier alpha value is -2.43. The first-order valence-electron chi connectivity index (χ1n) is 10.2. The quantitative estimate of drug-likeness (QED) is 0.553. The van der Waals surface area contributed by atoms with E-state index in [1.54, 1.807) is 0 Å². The molecule has 1 aliphatic heterocycles. The van der Waals surface area contributed by atoms with E-state index in [0.29, 0.717) is 19.6 Å². The van der Waals surface area contributed by atoms with Crippen LogP contribution in [0.25, 0.3) is 0 Å². The smallest absolute Gasteiger partial charge is 0.387 e. The van der Waals surface area contributed by atoms with Crippen LogP contribution in [0.5, 0.6) is 5.75 Å². The second kappa shape index (κ2) is 9.21. The molecule has 2 aliphatic rings. The molecular formula is C21H26F5N3O3. The van der Waals surface area contributed by atoms with E-state index in [1.165, 1.54) is 13.8 Å². The second-order valence-electron chi connectivity index (χ2n) is 9.25. The highest BCUT2D eigenvalue weighted by Crippen LogP contribution is 2.51. The van der Waals surface area contributed by atoms with Gasteiger partial charge in [-0.25, -0.2) is 13.2 Å². The Morgan fingerprint density at radius 1 is 1.19 bits per heavy atom. The summed E-state index contributed by atoms with van der Waals surface area (Å²) in [6.45, 7) is 1.19. The topological polar surface area (TPSA) is 70.7 Å². The summed E-state index contributed by atoms with van der Waals surface area (Å²) >= 11 is 0. The lowest BCUT2D eigenvalue weighted by atomic mass is 9.57. The predicted molar refractivity (Wildman–Crippen MR) is 105 cm³/mol. The van der Waals surface area contributed by atoms with Crippen molar-refractivity contribution < 1.29 is 36.3 Å². The van der Waals surface area contributed by atoms with E-state index < -0.39 is 42.0 Å². The molecule has 1 aliphatic carbocycles. The first-order chi connectivity index (χ1) is 14.9. The lowest BCUT2D eigenvalue weighted by molar-refractivity contribution is -0.135. The minimum atomic E-state index is -3.12. The summed E-state index contributed by atoms with van der Waals surface area (Å²) in [7, 11) is 0. The zero-order valence-electron chi connectivity index (χ0n) is 17.8. The highest BCUT2D eigenvalue weighted by atomic mass is 19.3. The van der Waals surface area contributed by atoms with Crippen LogP contribution in [0.1, 0.15) is 37.0 Å². The average Bonchev–Trinajstić information content (AvgIpc) is 2.59. The third kappa shape index (κ3) is 5.87. The number of hydrogen-bond donors (Lipinski definition) is 2. The fourth-order valence-electron chi connectivity index (χ4n) is 4.44. The van der Waals surface area contributed by atoms with Crippen LogP contribution in [0.15, 0.2) is 18.2 Å².